The van der Waals surface area contributed by atoms with Crippen LogP contribution in [0.15, 0.2) is 24.3 Å². The molecule has 0 unspecified atom stereocenters. The average molecular weight is 297 g/mol. The van der Waals surface area contributed by atoms with Crippen molar-refractivity contribution in [2.45, 2.75) is 25.5 Å². The summed E-state index contributed by atoms with van der Waals surface area (Å²) in [5.74, 6) is 0.500. The van der Waals surface area contributed by atoms with E-state index in [1.54, 1.807) is 7.05 Å². The Balaban J connectivity index is 2.00. The number of nitrogens with zero attached hydrogens (tertiary/aromatic N) is 1. The Morgan fingerprint density at radius 1 is 1.25 bits per heavy atom. The van der Waals surface area contributed by atoms with Gasteiger partial charge in [0, 0.05) is 26.8 Å². The van der Waals surface area contributed by atoms with Gasteiger partial charge in [0.1, 0.15) is 0 Å². The fraction of sp³-hybridized carbons (Fsp3) is 0.600. The van der Waals surface area contributed by atoms with Crippen LogP contribution in [0.4, 0.5) is 0 Å². The van der Waals surface area contributed by atoms with Crippen molar-refractivity contribution in [2.24, 2.45) is 5.92 Å². The maximum atomic E-state index is 12.4. The summed E-state index contributed by atoms with van der Waals surface area (Å²) in [5, 5.41) is 0. The zero-order valence-electron chi connectivity index (χ0n) is 12.2. The molecule has 1 saturated heterocycles. The Morgan fingerprint density at radius 3 is 2.55 bits per heavy atom. The van der Waals surface area contributed by atoms with Gasteiger partial charge in [-0.25, -0.2) is 12.7 Å². The SMILES string of the molecule is Cc1ccccc1CS(=O)(=O)N(C)CC1CCOCC1. The van der Waals surface area contributed by atoms with Gasteiger partial charge in [0.15, 0.2) is 0 Å². The molecule has 1 aliphatic heterocycles. The van der Waals surface area contributed by atoms with Crippen LogP contribution in [0.3, 0.4) is 0 Å². The van der Waals surface area contributed by atoms with Gasteiger partial charge < -0.3 is 4.74 Å². The standard InChI is InChI=1S/C15H23NO3S/c1-13-5-3-4-6-15(13)12-20(17,18)16(2)11-14-7-9-19-10-8-14/h3-6,14H,7-12H2,1-2H3. The van der Waals surface area contributed by atoms with Gasteiger partial charge in [-0.05, 0) is 36.8 Å². The number of hydrogen-bond donors (Lipinski definition) is 0. The van der Waals surface area contributed by atoms with Crippen molar-refractivity contribution in [2.75, 3.05) is 26.8 Å². The Kier molecular flexibility index (Phi) is 5.18. The summed E-state index contributed by atoms with van der Waals surface area (Å²) >= 11 is 0. The monoisotopic (exact) mass is 297 g/mol. The molecule has 4 nitrogen and oxygen atoms in total. The van der Waals surface area contributed by atoms with Gasteiger partial charge in [-0.2, -0.15) is 0 Å². The van der Waals surface area contributed by atoms with Crippen LogP contribution in [-0.4, -0.2) is 39.5 Å². The maximum absolute atomic E-state index is 12.4. The van der Waals surface area contributed by atoms with E-state index >= 15 is 0 Å². The molecule has 1 aromatic carbocycles. The summed E-state index contributed by atoms with van der Waals surface area (Å²) in [7, 11) is -1.56. The first-order valence-electron chi connectivity index (χ1n) is 7.05. The average Bonchev–Trinajstić information content (AvgIpc) is 2.42. The highest BCUT2D eigenvalue weighted by molar-refractivity contribution is 7.88. The van der Waals surface area contributed by atoms with Gasteiger partial charge in [0.05, 0.1) is 5.75 Å². The molecule has 0 N–H and O–H groups in total. The van der Waals surface area contributed by atoms with Crippen molar-refractivity contribution < 1.29 is 13.2 Å². The van der Waals surface area contributed by atoms with Crippen LogP contribution in [0.2, 0.25) is 0 Å². The first-order chi connectivity index (χ1) is 9.49. The normalized spacial score (nSPS) is 17.6. The third-order valence-corrected chi connectivity index (χ3v) is 5.70. The molecule has 1 heterocycles. The number of rotatable bonds is 5. The van der Waals surface area contributed by atoms with Crippen LogP contribution in [-0.2, 0) is 20.5 Å². The van der Waals surface area contributed by atoms with Gasteiger partial charge >= 0.3 is 0 Å². The summed E-state index contributed by atoms with van der Waals surface area (Å²) < 4.78 is 31.7. The molecule has 0 aliphatic carbocycles. The van der Waals surface area contributed by atoms with Gasteiger partial charge in [-0.15, -0.1) is 0 Å². The molecule has 0 atom stereocenters. The van der Waals surface area contributed by atoms with Crippen molar-refractivity contribution in [3.63, 3.8) is 0 Å². The van der Waals surface area contributed by atoms with Gasteiger partial charge in [-0.3, -0.25) is 0 Å². The van der Waals surface area contributed by atoms with E-state index in [1.807, 2.05) is 31.2 Å². The zero-order valence-corrected chi connectivity index (χ0v) is 13.0. The zero-order chi connectivity index (χ0) is 14.6. The number of benzene rings is 1. The number of aryl methyl sites for hydroxylation is 1. The van der Waals surface area contributed by atoms with E-state index in [1.165, 1.54) is 4.31 Å². The van der Waals surface area contributed by atoms with E-state index in [9.17, 15) is 8.42 Å². The molecule has 0 saturated carbocycles. The summed E-state index contributed by atoms with van der Waals surface area (Å²) in [5.41, 5.74) is 1.90. The molecule has 0 bridgehead atoms. The molecule has 20 heavy (non-hydrogen) atoms. The van der Waals surface area contributed by atoms with Crippen LogP contribution in [0.1, 0.15) is 24.0 Å². The lowest BCUT2D eigenvalue weighted by Crippen LogP contribution is -2.35. The fourth-order valence-electron chi connectivity index (χ4n) is 2.48. The molecule has 1 aromatic rings. The second kappa shape index (κ2) is 6.70. The molecule has 0 amide bonds. The minimum absolute atomic E-state index is 0.0827. The molecule has 1 aliphatic rings. The Bertz CT molecular complexity index is 536. The minimum atomic E-state index is -3.24. The second-order valence-electron chi connectivity index (χ2n) is 5.52. The third-order valence-electron chi connectivity index (χ3n) is 3.93. The molecular formula is C15H23NO3S. The van der Waals surface area contributed by atoms with E-state index in [4.69, 9.17) is 4.74 Å². The highest BCUT2D eigenvalue weighted by atomic mass is 32.2. The lowest BCUT2D eigenvalue weighted by Gasteiger charge is -2.26. The number of sulfonamides is 1. The second-order valence-corrected chi connectivity index (χ2v) is 7.59. The minimum Gasteiger partial charge on any atom is -0.381 e. The van der Waals surface area contributed by atoms with Crippen molar-refractivity contribution in [3.8, 4) is 0 Å². The van der Waals surface area contributed by atoms with Crippen molar-refractivity contribution in [1.29, 1.82) is 0 Å². The quantitative estimate of drug-likeness (QED) is 0.837. The molecule has 2 rings (SSSR count). The smallest absolute Gasteiger partial charge is 0.218 e. The largest absolute Gasteiger partial charge is 0.381 e. The van der Waals surface area contributed by atoms with E-state index < -0.39 is 10.0 Å². The lowest BCUT2D eigenvalue weighted by atomic mass is 10.0. The molecule has 0 spiro atoms. The third kappa shape index (κ3) is 4.04. The van der Waals surface area contributed by atoms with E-state index in [2.05, 4.69) is 0 Å². The van der Waals surface area contributed by atoms with Crippen LogP contribution < -0.4 is 0 Å². The highest BCUT2D eigenvalue weighted by Crippen LogP contribution is 2.19. The summed E-state index contributed by atoms with van der Waals surface area (Å²) in [6.45, 7) is 4.04. The van der Waals surface area contributed by atoms with E-state index in [-0.39, 0.29) is 5.75 Å². The van der Waals surface area contributed by atoms with E-state index in [0.29, 0.717) is 12.5 Å². The summed E-state index contributed by atoms with van der Waals surface area (Å²) in [4.78, 5) is 0. The van der Waals surface area contributed by atoms with Crippen LogP contribution in [0, 0.1) is 12.8 Å². The Morgan fingerprint density at radius 2 is 1.90 bits per heavy atom. The maximum Gasteiger partial charge on any atom is 0.218 e. The summed E-state index contributed by atoms with van der Waals surface area (Å²) in [6.07, 6.45) is 1.90. The van der Waals surface area contributed by atoms with Crippen molar-refractivity contribution in [3.05, 3.63) is 35.4 Å². The van der Waals surface area contributed by atoms with E-state index in [0.717, 1.165) is 37.2 Å². The molecule has 1 fully saturated rings. The molecule has 0 aromatic heterocycles. The molecule has 112 valence electrons. The lowest BCUT2D eigenvalue weighted by molar-refractivity contribution is 0.0620. The first kappa shape index (κ1) is 15.5. The van der Waals surface area contributed by atoms with Gasteiger partial charge in [-0.1, -0.05) is 24.3 Å². The molecule has 0 radical (unpaired) electrons. The number of hydrogen-bond acceptors (Lipinski definition) is 3. The molecule has 5 heteroatoms. The first-order valence-corrected chi connectivity index (χ1v) is 8.66. The topological polar surface area (TPSA) is 46.6 Å². The Hall–Kier alpha value is -0.910. The van der Waals surface area contributed by atoms with Crippen LogP contribution in [0.5, 0.6) is 0 Å². The van der Waals surface area contributed by atoms with Gasteiger partial charge in [0.2, 0.25) is 10.0 Å². The van der Waals surface area contributed by atoms with Crippen molar-refractivity contribution >= 4 is 10.0 Å². The fourth-order valence-corrected chi connectivity index (χ4v) is 3.86. The summed E-state index contributed by atoms with van der Waals surface area (Å²) in [6, 6.07) is 7.64. The highest BCUT2D eigenvalue weighted by Gasteiger charge is 2.24. The Labute approximate surface area is 121 Å². The molecular weight excluding hydrogens is 274 g/mol. The van der Waals surface area contributed by atoms with Crippen LogP contribution in [0.25, 0.3) is 0 Å². The number of ether oxygens (including phenoxy) is 1. The van der Waals surface area contributed by atoms with Crippen molar-refractivity contribution in [1.82, 2.24) is 4.31 Å². The predicted molar refractivity (Wildman–Crippen MR) is 80.0 cm³/mol. The predicted octanol–water partition coefficient (Wildman–Crippen LogP) is 2.18. The van der Waals surface area contributed by atoms with Crippen LogP contribution >= 0.6 is 0 Å². The van der Waals surface area contributed by atoms with Gasteiger partial charge in [0.25, 0.3) is 0 Å².